The predicted octanol–water partition coefficient (Wildman–Crippen LogP) is 3.22. The summed E-state index contributed by atoms with van der Waals surface area (Å²) in [6.07, 6.45) is 1.76. The fourth-order valence-electron chi connectivity index (χ4n) is 2.64. The van der Waals surface area contributed by atoms with Crippen molar-refractivity contribution in [3.8, 4) is 0 Å². The molecular formula is C19H26IN7O. The van der Waals surface area contributed by atoms with Crippen LogP contribution in [-0.2, 0) is 13.1 Å². The van der Waals surface area contributed by atoms with Crippen LogP contribution < -0.4 is 16.4 Å². The minimum Gasteiger partial charge on any atom is -0.398 e. The van der Waals surface area contributed by atoms with Crippen molar-refractivity contribution in [3.63, 3.8) is 0 Å². The van der Waals surface area contributed by atoms with Crippen molar-refractivity contribution in [3.05, 3.63) is 33.7 Å². The highest BCUT2D eigenvalue weighted by Gasteiger charge is 2.24. The van der Waals surface area contributed by atoms with E-state index in [2.05, 4.69) is 48.2 Å². The van der Waals surface area contributed by atoms with Crippen molar-refractivity contribution < 1.29 is 5.11 Å². The molecule has 0 saturated heterocycles. The maximum absolute atomic E-state index is 10.2. The maximum atomic E-state index is 10.2. The second kappa shape index (κ2) is 8.08. The molecule has 0 aliphatic rings. The second-order valence-electron chi connectivity index (χ2n) is 7.31. The van der Waals surface area contributed by atoms with Gasteiger partial charge in [0.15, 0.2) is 17.0 Å². The number of aliphatic hydroxyl groups is 1. The quantitative estimate of drug-likeness (QED) is 0.294. The lowest BCUT2D eigenvalue weighted by Crippen LogP contribution is -2.39. The molecule has 0 saturated carbocycles. The van der Waals surface area contributed by atoms with Crippen LogP contribution in [0.4, 0.5) is 17.5 Å². The average Bonchev–Trinajstić information content (AvgIpc) is 3.04. The first-order valence-corrected chi connectivity index (χ1v) is 10.3. The highest BCUT2D eigenvalue weighted by Crippen LogP contribution is 2.24. The number of hydrogen-bond donors (Lipinski definition) is 4. The van der Waals surface area contributed by atoms with Gasteiger partial charge in [-0.25, -0.2) is 4.98 Å². The van der Waals surface area contributed by atoms with Gasteiger partial charge >= 0.3 is 0 Å². The first kappa shape index (κ1) is 20.6. The minimum absolute atomic E-state index is 0.234. The van der Waals surface area contributed by atoms with Crippen molar-refractivity contribution >= 4 is 51.2 Å². The normalized spacial score (nSPS) is 12.9. The molecule has 2 aromatic heterocycles. The Labute approximate surface area is 178 Å². The highest BCUT2D eigenvalue weighted by atomic mass is 127. The molecule has 1 unspecified atom stereocenters. The largest absolute Gasteiger partial charge is 0.398 e. The molecule has 0 radical (unpaired) electrons. The van der Waals surface area contributed by atoms with Gasteiger partial charge in [0.1, 0.15) is 0 Å². The number of halogens is 1. The Morgan fingerprint density at radius 3 is 2.75 bits per heavy atom. The minimum atomic E-state index is -0.911. The van der Waals surface area contributed by atoms with Crippen molar-refractivity contribution in [2.75, 3.05) is 16.4 Å². The fraction of sp³-hybridized carbons (Fsp3) is 0.421. The molecule has 3 rings (SSSR count). The van der Waals surface area contributed by atoms with E-state index < -0.39 is 5.60 Å². The summed E-state index contributed by atoms with van der Waals surface area (Å²) in [7, 11) is 0. The van der Waals surface area contributed by atoms with Crippen molar-refractivity contribution in [2.45, 2.75) is 52.4 Å². The van der Waals surface area contributed by atoms with Gasteiger partial charge in [-0.05, 0) is 74.0 Å². The Bertz CT molecular complexity index is 980. The van der Waals surface area contributed by atoms with Crippen LogP contribution in [0.1, 0.15) is 33.3 Å². The van der Waals surface area contributed by atoms with Gasteiger partial charge in [0, 0.05) is 22.3 Å². The summed E-state index contributed by atoms with van der Waals surface area (Å²) in [5.41, 5.74) is 8.35. The Morgan fingerprint density at radius 1 is 1.32 bits per heavy atom. The van der Waals surface area contributed by atoms with Gasteiger partial charge in [0.2, 0.25) is 5.95 Å². The van der Waals surface area contributed by atoms with E-state index >= 15 is 0 Å². The molecule has 3 aromatic rings. The number of nitrogens with one attached hydrogen (secondary N) is 2. The van der Waals surface area contributed by atoms with Crippen LogP contribution in [0, 0.1) is 3.57 Å². The zero-order chi connectivity index (χ0) is 20.5. The van der Waals surface area contributed by atoms with Gasteiger partial charge < -0.3 is 26.0 Å². The van der Waals surface area contributed by atoms with E-state index in [4.69, 9.17) is 5.73 Å². The number of nitrogens with zero attached hydrogens (tertiary/aromatic N) is 4. The molecule has 0 aliphatic carbocycles. The molecule has 1 aromatic carbocycles. The number of anilines is 3. The maximum Gasteiger partial charge on any atom is 0.227 e. The van der Waals surface area contributed by atoms with Gasteiger partial charge in [0.25, 0.3) is 0 Å². The van der Waals surface area contributed by atoms with Crippen LogP contribution >= 0.6 is 22.6 Å². The summed E-state index contributed by atoms with van der Waals surface area (Å²) < 4.78 is 3.08. The van der Waals surface area contributed by atoms with E-state index in [9.17, 15) is 5.11 Å². The molecule has 2 heterocycles. The molecule has 150 valence electrons. The summed E-state index contributed by atoms with van der Waals surface area (Å²) in [6, 6.07) is 5.69. The number of rotatable bonds is 7. The van der Waals surface area contributed by atoms with Crippen LogP contribution in [0.25, 0.3) is 11.2 Å². The molecule has 8 nitrogen and oxygen atoms in total. The van der Waals surface area contributed by atoms with E-state index in [1.165, 1.54) is 0 Å². The number of hydrogen-bond acceptors (Lipinski definition) is 7. The summed E-state index contributed by atoms with van der Waals surface area (Å²) in [4.78, 5) is 13.7. The van der Waals surface area contributed by atoms with E-state index in [-0.39, 0.29) is 6.04 Å². The lowest BCUT2D eigenvalue weighted by atomic mass is 10.0. The zero-order valence-corrected chi connectivity index (χ0v) is 18.6. The van der Waals surface area contributed by atoms with E-state index in [1.54, 1.807) is 20.2 Å². The molecule has 28 heavy (non-hydrogen) atoms. The monoisotopic (exact) mass is 495 g/mol. The topological polar surface area (TPSA) is 114 Å². The molecule has 0 spiro atoms. The van der Waals surface area contributed by atoms with Gasteiger partial charge in [-0.15, -0.1) is 0 Å². The summed E-state index contributed by atoms with van der Waals surface area (Å²) in [5.74, 6) is 1.07. The number of imidazole rings is 1. The summed E-state index contributed by atoms with van der Waals surface area (Å²) >= 11 is 2.27. The number of aromatic nitrogens is 4. The number of nitrogens with two attached hydrogens (primary N) is 1. The lowest BCUT2D eigenvalue weighted by Gasteiger charge is -2.26. The molecule has 0 bridgehead atoms. The second-order valence-corrected chi connectivity index (χ2v) is 8.56. The molecule has 0 fully saturated rings. The Balaban J connectivity index is 1.95. The van der Waals surface area contributed by atoms with Crippen molar-refractivity contribution in [2.24, 2.45) is 0 Å². The van der Waals surface area contributed by atoms with E-state index in [1.807, 2.05) is 36.6 Å². The SMILES string of the molecule is CCn1cnc2c(NCc3cc(I)ccc3N)nc(NC(C)C(C)(C)O)nc21. The lowest BCUT2D eigenvalue weighted by molar-refractivity contribution is 0.0646. The van der Waals surface area contributed by atoms with Crippen molar-refractivity contribution in [1.29, 1.82) is 0 Å². The van der Waals surface area contributed by atoms with Crippen LogP contribution in [0.3, 0.4) is 0 Å². The van der Waals surface area contributed by atoms with Gasteiger partial charge in [-0.3, -0.25) is 0 Å². The zero-order valence-electron chi connectivity index (χ0n) is 16.5. The molecule has 9 heteroatoms. The third-order valence-electron chi connectivity index (χ3n) is 4.76. The number of fused-ring (bicyclic) bond motifs is 1. The molecular weight excluding hydrogens is 469 g/mol. The Kier molecular flexibility index (Phi) is 5.94. The number of benzene rings is 1. The molecule has 0 aliphatic heterocycles. The third kappa shape index (κ3) is 4.46. The standard InChI is InChI=1S/C19H26IN7O/c1-5-27-10-23-15-16(22-9-12-8-13(20)6-7-14(12)21)25-18(26-17(15)27)24-11(2)19(3,4)28/h6-8,10-11,28H,5,9,21H2,1-4H3,(H2,22,24,25,26). The van der Waals surface area contributed by atoms with Gasteiger partial charge in [-0.2, -0.15) is 9.97 Å². The van der Waals surface area contributed by atoms with Crippen molar-refractivity contribution in [1.82, 2.24) is 19.5 Å². The fourth-order valence-corrected chi connectivity index (χ4v) is 3.20. The van der Waals surface area contributed by atoms with Gasteiger partial charge in [0.05, 0.1) is 18.0 Å². The van der Waals surface area contributed by atoms with Crippen LogP contribution in [0.2, 0.25) is 0 Å². The van der Waals surface area contributed by atoms with E-state index in [0.29, 0.717) is 23.8 Å². The summed E-state index contributed by atoms with van der Waals surface area (Å²) in [5, 5.41) is 16.8. The van der Waals surface area contributed by atoms with E-state index in [0.717, 1.165) is 27.0 Å². The van der Waals surface area contributed by atoms with Gasteiger partial charge in [-0.1, -0.05) is 0 Å². The molecule has 0 amide bonds. The van der Waals surface area contributed by atoms with Crippen LogP contribution in [0.5, 0.6) is 0 Å². The average molecular weight is 495 g/mol. The smallest absolute Gasteiger partial charge is 0.227 e. The van der Waals surface area contributed by atoms with Crippen LogP contribution in [-0.4, -0.2) is 36.3 Å². The third-order valence-corrected chi connectivity index (χ3v) is 5.43. The van der Waals surface area contributed by atoms with Crippen LogP contribution in [0.15, 0.2) is 24.5 Å². The number of nitrogen functional groups attached to an aromatic ring is 1. The highest BCUT2D eigenvalue weighted by molar-refractivity contribution is 14.1. The first-order chi connectivity index (χ1) is 13.2. The first-order valence-electron chi connectivity index (χ1n) is 9.18. The Hall–Kier alpha value is -2.14. The number of aryl methyl sites for hydroxylation is 1. The Morgan fingerprint density at radius 2 is 2.07 bits per heavy atom. The molecule has 1 atom stereocenters. The summed E-state index contributed by atoms with van der Waals surface area (Å²) in [6.45, 7) is 8.70. The molecule has 5 N–H and O–H groups in total. The predicted molar refractivity (Wildman–Crippen MR) is 121 cm³/mol.